The smallest absolute Gasteiger partial charge is 0.254 e. The zero-order chi connectivity index (χ0) is 20.9. The predicted octanol–water partition coefficient (Wildman–Crippen LogP) is 1.83. The molecule has 0 bridgehead atoms. The van der Waals surface area contributed by atoms with Crippen LogP contribution < -0.4 is 0 Å². The lowest BCUT2D eigenvalue weighted by molar-refractivity contribution is 0.0304. The summed E-state index contributed by atoms with van der Waals surface area (Å²) in [5.74, 6) is 0.593. The zero-order valence-electron chi connectivity index (χ0n) is 16.6. The Morgan fingerprint density at radius 1 is 1.27 bits per heavy atom. The number of nitrogens with zero attached hydrogens (tertiary/aromatic N) is 4. The van der Waals surface area contributed by atoms with Crippen molar-refractivity contribution in [3.05, 3.63) is 35.7 Å². The number of fused-ring (bicyclic) bond motifs is 1. The molecule has 0 saturated carbocycles. The fourth-order valence-corrected chi connectivity index (χ4v) is 5.88. The number of morpholine rings is 1. The van der Waals surface area contributed by atoms with Crippen molar-refractivity contribution in [2.45, 2.75) is 19.4 Å². The number of carbonyl (C=O) groups excluding carboxylic acids is 1. The quantitative estimate of drug-likeness (QED) is 0.624. The highest BCUT2D eigenvalue weighted by molar-refractivity contribution is 7.91. The molecule has 5 heterocycles. The van der Waals surface area contributed by atoms with Gasteiger partial charge < -0.3 is 14.1 Å². The average molecular weight is 430 g/mol. The normalized spacial score (nSPS) is 21.4. The molecule has 3 aromatic rings. The van der Waals surface area contributed by atoms with Crippen molar-refractivity contribution in [1.29, 1.82) is 0 Å². The molecule has 5 rings (SSSR count). The third-order valence-corrected chi connectivity index (χ3v) is 7.44. The van der Waals surface area contributed by atoms with Gasteiger partial charge in [-0.15, -0.1) is 0 Å². The van der Waals surface area contributed by atoms with E-state index in [1.165, 1.54) is 0 Å². The summed E-state index contributed by atoms with van der Waals surface area (Å²) in [7, 11) is -3.10. The molecular weight excluding hydrogens is 408 g/mol. The van der Waals surface area contributed by atoms with E-state index in [-0.39, 0.29) is 23.5 Å². The molecule has 2 aliphatic heterocycles. The number of ether oxygens (including phenoxy) is 1. The van der Waals surface area contributed by atoms with E-state index in [9.17, 15) is 13.2 Å². The molecule has 2 saturated heterocycles. The van der Waals surface area contributed by atoms with Crippen LogP contribution in [0.5, 0.6) is 0 Å². The fraction of sp³-hybridized carbons (Fsp3) is 0.450. The second-order valence-electron chi connectivity index (χ2n) is 7.72. The van der Waals surface area contributed by atoms with Crippen LogP contribution in [0.2, 0.25) is 0 Å². The molecule has 1 amide bonds. The molecule has 0 spiro atoms. The number of amides is 1. The Kier molecular flexibility index (Phi) is 4.62. The molecule has 3 aromatic heterocycles. The molecule has 0 N–H and O–H groups in total. The topological polar surface area (TPSA) is 108 Å². The average Bonchev–Trinajstić information content (AvgIpc) is 3.47. The number of carbonyl (C=O) groups is 1. The number of furan rings is 1. The maximum absolute atomic E-state index is 13.4. The Hall–Kier alpha value is -2.72. The second-order valence-corrected chi connectivity index (χ2v) is 9.95. The first kappa shape index (κ1) is 19.3. The first-order chi connectivity index (χ1) is 14.4. The summed E-state index contributed by atoms with van der Waals surface area (Å²) in [6.07, 6.45) is 2.04. The molecule has 0 radical (unpaired) electrons. The summed E-state index contributed by atoms with van der Waals surface area (Å²) >= 11 is 0. The molecule has 1 unspecified atom stereocenters. The van der Waals surface area contributed by atoms with Crippen molar-refractivity contribution in [1.82, 2.24) is 19.7 Å². The highest BCUT2D eigenvalue weighted by Gasteiger charge is 2.33. The number of aryl methyl sites for hydroxylation is 1. The van der Waals surface area contributed by atoms with Crippen LogP contribution in [0, 0.1) is 6.92 Å². The van der Waals surface area contributed by atoms with Gasteiger partial charge in [0, 0.05) is 13.1 Å². The van der Waals surface area contributed by atoms with Crippen LogP contribution in [0.4, 0.5) is 0 Å². The highest BCUT2D eigenvalue weighted by atomic mass is 32.2. The molecule has 30 heavy (non-hydrogen) atoms. The number of aromatic nitrogens is 3. The van der Waals surface area contributed by atoms with Gasteiger partial charge in [-0.2, -0.15) is 5.10 Å². The molecule has 10 heteroatoms. The monoisotopic (exact) mass is 430 g/mol. The Bertz CT molecular complexity index is 1210. The van der Waals surface area contributed by atoms with Crippen LogP contribution in [-0.2, 0) is 14.6 Å². The third kappa shape index (κ3) is 3.29. The lowest BCUT2D eigenvalue weighted by atomic mass is 10.1. The third-order valence-electron chi connectivity index (χ3n) is 5.69. The van der Waals surface area contributed by atoms with Gasteiger partial charge in [0.1, 0.15) is 5.69 Å². The van der Waals surface area contributed by atoms with Gasteiger partial charge in [-0.05, 0) is 31.5 Å². The summed E-state index contributed by atoms with van der Waals surface area (Å²) in [5, 5.41) is 5.27. The maximum atomic E-state index is 13.4. The van der Waals surface area contributed by atoms with Gasteiger partial charge in [-0.3, -0.25) is 4.79 Å². The van der Waals surface area contributed by atoms with Gasteiger partial charge >= 0.3 is 0 Å². The van der Waals surface area contributed by atoms with Gasteiger partial charge in [-0.25, -0.2) is 18.1 Å². The Morgan fingerprint density at radius 2 is 2.07 bits per heavy atom. The Morgan fingerprint density at radius 3 is 2.73 bits per heavy atom. The Labute approximate surface area is 173 Å². The van der Waals surface area contributed by atoms with E-state index >= 15 is 0 Å². The summed E-state index contributed by atoms with van der Waals surface area (Å²) in [5.41, 5.74) is 2.19. The summed E-state index contributed by atoms with van der Waals surface area (Å²) in [4.78, 5) is 19.9. The van der Waals surface area contributed by atoms with Crippen LogP contribution in [0.25, 0.3) is 22.5 Å². The molecular formula is C20H22N4O5S. The van der Waals surface area contributed by atoms with Crippen LogP contribution in [0.1, 0.15) is 28.5 Å². The molecule has 9 nitrogen and oxygen atoms in total. The molecule has 158 valence electrons. The minimum absolute atomic E-state index is 0.0304. The lowest BCUT2D eigenvalue weighted by Gasteiger charge is -2.27. The first-order valence-electron chi connectivity index (χ1n) is 9.94. The van der Waals surface area contributed by atoms with E-state index in [2.05, 4.69) is 5.10 Å². The number of pyridine rings is 1. The van der Waals surface area contributed by atoms with Gasteiger partial charge in [-0.1, -0.05) is 0 Å². The predicted molar refractivity (Wildman–Crippen MR) is 109 cm³/mol. The molecule has 2 aliphatic rings. The van der Waals surface area contributed by atoms with Crippen molar-refractivity contribution < 1.29 is 22.4 Å². The second kappa shape index (κ2) is 7.21. The van der Waals surface area contributed by atoms with E-state index in [1.54, 1.807) is 34.0 Å². The first-order valence-corrected chi connectivity index (χ1v) is 11.8. The van der Waals surface area contributed by atoms with Crippen molar-refractivity contribution in [3.63, 3.8) is 0 Å². The Balaban J connectivity index is 1.69. The van der Waals surface area contributed by atoms with Crippen molar-refractivity contribution in [3.8, 4) is 11.5 Å². The van der Waals surface area contributed by atoms with Gasteiger partial charge in [0.05, 0.1) is 53.7 Å². The molecule has 0 aromatic carbocycles. The zero-order valence-corrected chi connectivity index (χ0v) is 17.4. The summed E-state index contributed by atoms with van der Waals surface area (Å²) in [6.45, 7) is 3.87. The lowest BCUT2D eigenvalue weighted by Crippen LogP contribution is -2.40. The van der Waals surface area contributed by atoms with Crippen LogP contribution in [0.15, 0.2) is 28.9 Å². The van der Waals surface area contributed by atoms with E-state index in [1.807, 2.05) is 6.92 Å². The largest absolute Gasteiger partial charge is 0.463 e. The van der Waals surface area contributed by atoms with E-state index < -0.39 is 9.84 Å². The van der Waals surface area contributed by atoms with Crippen molar-refractivity contribution in [2.75, 3.05) is 37.8 Å². The van der Waals surface area contributed by atoms with Gasteiger partial charge in [0.15, 0.2) is 21.2 Å². The van der Waals surface area contributed by atoms with Crippen LogP contribution in [-0.4, -0.2) is 71.8 Å². The number of rotatable bonds is 3. The van der Waals surface area contributed by atoms with Crippen LogP contribution in [0.3, 0.4) is 0 Å². The van der Waals surface area contributed by atoms with E-state index in [0.29, 0.717) is 66.5 Å². The maximum Gasteiger partial charge on any atom is 0.254 e. The molecule has 0 aliphatic carbocycles. The number of hydrogen-bond donors (Lipinski definition) is 0. The van der Waals surface area contributed by atoms with Crippen molar-refractivity contribution in [2.24, 2.45) is 0 Å². The molecule has 1 atom stereocenters. The van der Waals surface area contributed by atoms with E-state index in [0.717, 1.165) is 0 Å². The summed E-state index contributed by atoms with van der Waals surface area (Å²) in [6, 6.07) is 4.99. The van der Waals surface area contributed by atoms with Crippen LogP contribution >= 0.6 is 0 Å². The fourth-order valence-electron chi connectivity index (χ4n) is 4.19. The minimum atomic E-state index is -3.10. The summed E-state index contributed by atoms with van der Waals surface area (Å²) < 4.78 is 36.7. The SMILES string of the molecule is Cc1nn(C2CCS(=O)(=O)C2)c2nc(-c3ccco3)cc(C(=O)N3CCOCC3)c12. The van der Waals surface area contributed by atoms with E-state index in [4.69, 9.17) is 14.1 Å². The van der Waals surface area contributed by atoms with Gasteiger partial charge in [0.25, 0.3) is 5.91 Å². The highest BCUT2D eigenvalue weighted by Crippen LogP contribution is 2.32. The number of sulfone groups is 1. The van der Waals surface area contributed by atoms with Crippen molar-refractivity contribution >= 4 is 26.8 Å². The number of hydrogen-bond acceptors (Lipinski definition) is 7. The molecule has 2 fully saturated rings. The standard InChI is InChI=1S/C20H22N4O5S/c1-13-18-15(20(25)23-5-8-28-9-6-23)11-16(17-3-2-7-29-17)21-19(18)24(22-13)14-4-10-30(26,27)12-14/h2-3,7,11,14H,4-6,8-10,12H2,1H3. The minimum Gasteiger partial charge on any atom is -0.463 e. The van der Waals surface area contributed by atoms with Gasteiger partial charge in [0.2, 0.25) is 0 Å².